The number of thioether (sulfide) groups is 1. The van der Waals surface area contributed by atoms with E-state index in [1.54, 1.807) is 23.9 Å². The molecule has 152 valence electrons. The lowest BCUT2D eigenvalue weighted by atomic mass is 9.95. The summed E-state index contributed by atoms with van der Waals surface area (Å²) in [5.41, 5.74) is 1.16. The third-order valence-electron chi connectivity index (χ3n) is 5.39. The standard InChI is InChI=1S/C19H24FN5OS.ClH/c1-27-12-15-10-14(2-3-16(15)20)19(26)24-7-4-13(5-8-24)18-23-22-17-11-21-6-9-25(17)18;/h2-3,10,13,21H,4-9,11-12H2,1H3;1H. The monoisotopic (exact) mass is 425 g/mol. The highest BCUT2D eigenvalue weighted by molar-refractivity contribution is 7.97. The number of benzene rings is 1. The first-order valence-corrected chi connectivity index (χ1v) is 10.8. The summed E-state index contributed by atoms with van der Waals surface area (Å²) in [6.07, 6.45) is 3.70. The number of nitrogens with zero attached hydrogens (tertiary/aromatic N) is 4. The Morgan fingerprint density at radius 1 is 1.29 bits per heavy atom. The van der Waals surface area contributed by atoms with Gasteiger partial charge in [0.05, 0.1) is 6.54 Å². The predicted molar refractivity (Wildman–Crippen MR) is 110 cm³/mol. The SMILES string of the molecule is CSCc1cc(C(=O)N2CCC(c3nnc4n3CCNC4)CC2)ccc1F.Cl. The van der Waals surface area contributed by atoms with Crippen LogP contribution in [0.5, 0.6) is 0 Å². The summed E-state index contributed by atoms with van der Waals surface area (Å²) in [5.74, 6) is 2.72. The molecule has 0 saturated carbocycles. The molecule has 1 aromatic carbocycles. The van der Waals surface area contributed by atoms with Crippen molar-refractivity contribution < 1.29 is 9.18 Å². The zero-order valence-electron chi connectivity index (χ0n) is 15.9. The van der Waals surface area contributed by atoms with Crippen LogP contribution in [0.15, 0.2) is 18.2 Å². The molecule has 1 saturated heterocycles. The highest BCUT2D eigenvalue weighted by Crippen LogP contribution is 2.29. The maximum atomic E-state index is 13.9. The van der Waals surface area contributed by atoms with Gasteiger partial charge < -0.3 is 14.8 Å². The number of aromatic nitrogens is 3. The molecule has 28 heavy (non-hydrogen) atoms. The summed E-state index contributed by atoms with van der Waals surface area (Å²) in [6.45, 7) is 4.01. The molecular formula is C19H25ClFN5OS. The van der Waals surface area contributed by atoms with Crippen LogP contribution in [0.4, 0.5) is 4.39 Å². The first kappa shape index (κ1) is 21.1. The minimum absolute atomic E-state index is 0. The molecule has 0 unspecified atom stereocenters. The van der Waals surface area contributed by atoms with Gasteiger partial charge in [-0.15, -0.1) is 22.6 Å². The molecule has 0 aliphatic carbocycles. The molecular weight excluding hydrogens is 401 g/mol. The molecule has 0 bridgehead atoms. The number of amides is 1. The van der Waals surface area contributed by atoms with E-state index in [4.69, 9.17) is 0 Å². The minimum atomic E-state index is -0.245. The molecule has 4 rings (SSSR count). The Morgan fingerprint density at radius 2 is 2.07 bits per heavy atom. The van der Waals surface area contributed by atoms with Crippen molar-refractivity contribution in [3.8, 4) is 0 Å². The van der Waals surface area contributed by atoms with Gasteiger partial charge in [0.2, 0.25) is 0 Å². The van der Waals surface area contributed by atoms with Crippen LogP contribution in [0, 0.1) is 5.82 Å². The average Bonchev–Trinajstić information content (AvgIpc) is 3.14. The first-order valence-electron chi connectivity index (χ1n) is 9.36. The van der Waals surface area contributed by atoms with Gasteiger partial charge in [-0.25, -0.2) is 4.39 Å². The van der Waals surface area contributed by atoms with Gasteiger partial charge in [0.1, 0.15) is 17.5 Å². The predicted octanol–water partition coefficient (Wildman–Crippen LogP) is 2.83. The number of piperidine rings is 1. The molecule has 2 aliphatic rings. The highest BCUT2D eigenvalue weighted by Gasteiger charge is 2.29. The second-order valence-electron chi connectivity index (χ2n) is 7.11. The van der Waals surface area contributed by atoms with E-state index in [1.807, 2.05) is 11.2 Å². The number of hydrogen-bond acceptors (Lipinski definition) is 5. The topological polar surface area (TPSA) is 63.1 Å². The van der Waals surface area contributed by atoms with E-state index in [0.29, 0.717) is 35.9 Å². The van der Waals surface area contributed by atoms with E-state index in [-0.39, 0.29) is 24.1 Å². The fourth-order valence-electron chi connectivity index (χ4n) is 3.91. The van der Waals surface area contributed by atoms with Crippen LogP contribution >= 0.6 is 24.2 Å². The number of rotatable bonds is 4. The van der Waals surface area contributed by atoms with Crippen molar-refractivity contribution in [2.75, 3.05) is 25.9 Å². The Labute approximate surface area is 174 Å². The van der Waals surface area contributed by atoms with Gasteiger partial charge in [0.15, 0.2) is 0 Å². The number of halogens is 2. The lowest BCUT2D eigenvalue weighted by molar-refractivity contribution is 0.0710. The number of fused-ring (bicyclic) bond motifs is 1. The molecule has 0 atom stereocenters. The van der Waals surface area contributed by atoms with Crippen LogP contribution in [0.1, 0.15) is 46.3 Å². The normalized spacial score (nSPS) is 17.1. The molecule has 9 heteroatoms. The number of carbonyl (C=O) groups is 1. The third-order valence-corrected chi connectivity index (χ3v) is 5.99. The summed E-state index contributed by atoms with van der Waals surface area (Å²) in [4.78, 5) is 14.7. The quantitative estimate of drug-likeness (QED) is 0.816. The van der Waals surface area contributed by atoms with Crippen LogP contribution in [0.2, 0.25) is 0 Å². The summed E-state index contributed by atoms with van der Waals surface area (Å²) in [7, 11) is 0. The Kier molecular flexibility index (Phi) is 6.95. The summed E-state index contributed by atoms with van der Waals surface area (Å²) < 4.78 is 16.1. The van der Waals surface area contributed by atoms with Crippen LogP contribution in [-0.4, -0.2) is 51.5 Å². The molecule has 2 aromatic rings. The van der Waals surface area contributed by atoms with E-state index >= 15 is 0 Å². The van der Waals surface area contributed by atoms with Crippen LogP contribution in [-0.2, 0) is 18.8 Å². The Bertz CT molecular complexity index is 838. The van der Waals surface area contributed by atoms with Crippen molar-refractivity contribution >= 4 is 30.1 Å². The second kappa shape index (κ2) is 9.24. The van der Waals surface area contributed by atoms with Crippen LogP contribution in [0.25, 0.3) is 0 Å². The van der Waals surface area contributed by atoms with Gasteiger partial charge in [0, 0.05) is 43.4 Å². The lowest BCUT2D eigenvalue weighted by Gasteiger charge is -2.32. The number of nitrogens with one attached hydrogen (secondary N) is 1. The van der Waals surface area contributed by atoms with Gasteiger partial charge in [-0.2, -0.15) is 11.8 Å². The maximum Gasteiger partial charge on any atom is 0.253 e. The second-order valence-corrected chi connectivity index (χ2v) is 7.97. The number of hydrogen-bond donors (Lipinski definition) is 1. The van der Waals surface area contributed by atoms with Crippen molar-refractivity contribution in [1.82, 2.24) is 25.0 Å². The maximum absolute atomic E-state index is 13.9. The van der Waals surface area contributed by atoms with Crippen molar-refractivity contribution in [1.29, 1.82) is 0 Å². The largest absolute Gasteiger partial charge is 0.339 e. The Morgan fingerprint density at radius 3 is 2.82 bits per heavy atom. The van der Waals surface area contributed by atoms with E-state index in [1.165, 1.54) is 6.07 Å². The molecule has 1 aromatic heterocycles. The van der Waals surface area contributed by atoms with Crippen molar-refractivity contribution in [2.45, 2.75) is 37.6 Å². The molecule has 2 aliphatic heterocycles. The summed E-state index contributed by atoms with van der Waals surface area (Å²) in [6, 6.07) is 4.69. The summed E-state index contributed by atoms with van der Waals surface area (Å²) in [5, 5.41) is 12.0. The van der Waals surface area contributed by atoms with E-state index in [2.05, 4.69) is 20.1 Å². The zero-order valence-corrected chi connectivity index (χ0v) is 17.5. The highest BCUT2D eigenvalue weighted by atomic mass is 35.5. The van der Waals surface area contributed by atoms with Gasteiger partial charge in [-0.1, -0.05) is 0 Å². The van der Waals surface area contributed by atoms with Crippen LogP contribution in [0.3, 0.4) is 0 Å². The zero-order chi connectivity index (χ0) is 18.8. The molecule has 0 spiro atoms. The number of likely N-dealkylation sites (tertiary alicyclic amines) is 1. The molecule has 1 N–H and O–H groups in total. The molecule has 1 fully saturated rings. The van der Waals surface area contributed by atoms with E-state index < -0.39 is 0 Å². The smallest absolute Gasteiger partial charge is 0.253 e. The first-order chi connectivity index (χ1) is 13.2. The molecule has 1 amide bonds. The third kappa shape index (κ3) is 4.18. The van der Waals surface area contributed by atoms with Crippen molar-refractivity contribution in [3.05, 3.63) is 46.8 Å². The van der Waals surface area contributed by atoms with Crippen LogP contribution < -0.4 is 5.32 Å². The average molecular weight is 426 g/mol. The molecule has 6 nitrogen and oxygen atoms in total. The van der Waals surface area contributed by atoms with E-state index in [0.717, 1.165) is 44.1 Å². The number of carbonyl (C=O) groups excluding carboxylic acids is 1. The van der Waals surface area contributed by atoms with Crippen molar-refractivity contribution in [3.63, 3.8) is 0 Å². The lowest BCUT2D eigenvalue weighted by Crippen LogP contribution is -2.39. The van der Waals surface area contributed by atoms with Gasteiger partial charge >= 0.3 is 0 Å². The molecule has 3 heterocycles. The molecule has 0 radical (unpaired) electrons. The van der Waals surface area contributed by atoms with Gasteiger partial charge in [0.25, 0.3) is 5.91 Å². The van der Waals surface area contributed by atoms with E-state index in [9.17, 15) is 9.18 Å². The minimum Gasteiger partial charge on any atom is -0.339 e. The Hall–Kier alpha value is -1.64. The van der Waals surface area contributed by atoms with Gasteiger partial charge in [-0.3, -0.25) is 4.79 Å². The van der Waals surface area contributed by atoms with Crippen molar-refractivity contribution in [2.24, 2.45) is 0 Å². The Balaban J connectivity index is 0.00000225. The fourth-order valence-corrected chi connectivity index (χ4v) is 4.45. The van der Waals surface area contributed by atoms with Gasteiger partial charge in [-0.05, 0) is 42.9 Å². The summed E-state index contributed by atoms with van der Waals surface area (Å²) >= 11 is 1.55. The fraction of sp³-hybridized carbons (Fsp3) is 0.526.